The van der Waals surface area contributed by atoms with E-state index >= 15 is 0 Å². The van der Waals surface area contributed by atoms with Gasteiger partial charge in [0.1, 0.15) is 5.82 Å². The summed E-state index contributed by atoms with van der Waals surface area (Å²) in [4.78, 5) is 0. The van der Waals surface area contributed by atoms with E-state index in [0.29, 0.717) is 6.42 Å². The lowest BCUT2D eigenvalue weighted by Crippen LogP contribution is -1.83. The summed E-state index contributed by atoms with van der Waals surface area (Å²) in [6, 6.07) is 4.67. The molecule has 1 N–H and O–H groups in total. The van der Waals surface area contributed by atoms with E-state index < -0.39 is 0 Å². The molecule has 1 aromatic rings. The molecule has 0 aliphatic heterocycles. The minimum absolute atomic E-state index is 0.150. The fraction of sp³-hybridized carbons (Fsp3) is 0.273. The van der Waals surface area contributed by atoms with Gasteiger partial charge in [0.25, 0.3) is 0 Å². The molecule has 0 heterocycles. The number of hydrogen-bond acceptors (Lipinski definition) is 1. The Kier molecular flexibility index (Phi) is 3.65. The van der Waals surface area contributed by atoms with Crippen LogP contribution in [0.2, 0.25) is 0 Å². The zero-order valence-corrected chi connectivity index (χ0v) is 7.63. The maximum atomic E-state index is 12.7. The predicted molar refractivity (Wildman–Crippen MR) is 51.9 cm³/mol. The van der Waals surface area contributed by atoms with Crippen molar-refractivity contribution in [1.29, 1.82) is 0 Å². The van der Waals surface area contributed by atoms with Crippen LogP contribution in [0.4, 0.5) is 4.39 Å². The Morgan fingerprint density at radius 3 is 2.85 bits per heavy atom. The van der Waals surface area contributed by atoms with Gasteiger partial charge >= 0.3 is 0 Å². The summed E-state index contributed by atoms with van der Waals surface area (Å²) in [6.45, 7) is 2.01. The molecular formula is C11H13FO. The molecule has 0 spiro atoms. The standard InChI is InChI=1S/C11H13FO/c1-9-8-11(12)6-5-10(9)4-2-3-7-13/h2,4-6,8,13H,3,7H2,1H3/b4-2-. The van der Waals surface area contributed by atoms with E-state index in [1.807, 2.05) is 19.1 Å². The monoisotopic (exact) mass is 180 g/mol. The van der Waals surface area contributed by atoms with Crippen molar-refractivity contribution in [1.82, 2.24) is 0 Å². The molecule has 0 saturated carbocycles. The van der Waals surface area contributed by atoms with Gasteiger partial charge in [0.05, 0.1) is 0 Å². The molecule has 1 rings (SSSR count). The van der Waals surface area contributed by atoms with Crippen molar-refractivity contribution in [2.45, 2.75) is 13.3 Å². The van der Waals surface area contributed by atoms with Gasteiger partial charge in [-0.05, 0) is 36.6 Å². The predicted octanol–water partition coefficient (Wildman–Crippen LogP) is 2.53. The number of hydrogen-bond donors (Lipinski definition) is 1. The largest absolute Gasteiger partial charge is 0.396 e. The molecule has 0 aliphatic carbocycles. The highest BCUT2D eigenvalue weighted by molar-refractivity contribution is 5.53. The molecule has 0 unspecified atom stereocenters. The fourth-order valence-electron chi connectivity index (χ4n) is 1.11. The Bertz CT molecular complexity index is 305. The average molecular weight is 180 g/mol. The summed E-state index contributed by atoms with van der Waals surface area (Å²) < 4.78 is 12.7. The second-order valence-electron chi connectivity index (χ2n) is 2.92. The molecule has 1 aromatic carbocycles. The van der Waals surface area contributed by atoms with E-state index in [2.05, 4.69) is 0 Å². The minimum atomic E-state index is -0.211. The second-order valence-corrected chi connectivity index (χ2v) is 2.92. The lowest BCUT2D eigenvalue weighted by Gasteiger charge is -1.99. The Hall–Kier alpha value is -1.15. The highest BCUT2D eigenvalue weighted by atomic mass is 19.1. The van der Waals surface area contributed by atoms with Gasteiger partial charge in [-0.3, -0.25) is 0 Å². The van der Waals surface area contributed by atoms with Crippen LogP contribution in [-0.2, 0) is 0 Å². The van der Waals surface area contributed by atoms with Gasteiger partial charge in [0.2, 0.25) is 0 Å². The molecule has 0 aliphatic rings. The highest BCUT2D eigenvalue weighted by Gasteiger charge is 1.95. The van der Waals surface area contributed by atoms with Crippen LogP contribution in [0, 0.1) is 12.7 Å². The van der Waals surface area contributed by atoms with Gasteiger partial charge in [-0.1, -0.05) is 18.2 Å². The van der Waals surface area contributed by atoms with E-state index in [1.165, 1.54) is 12.1 Å². The van der Waals surface area contributed by atoms with Crippen LogP contribution in [0.5, 0.6) is 0 Å². The van der Waals surface area contributed by atoms with Crippen molar-refractivity contribution in [3.05, 3.63) is 41.2 Å². The van der Waals surface area contributed by atoms with Crippen molar-refractivity contribution < 1.29 is 9.50 Å². The third-order valence-electron chi connectivity index (χ3n) is 1.83. The van der Waals surface area contributed by atoms with Crippen LogP contribution in [0.1, 0.15) is 17.5 Å². The number of aryl methyl sites for hydroxylation is 1. The van der Waals surface area contributed by atoms with Crippen molar-refractivity contribution in [3.63, 3.8) is 0 Å². The maximum Gasteiger partial charge on any atom is 0.123 e. The smallest absolute Gasteiger partial charge is 0.123 e. The molecule has 0 radical (unpaired) electrons. The first-order chi connectivity index (χ1) is 6.24. The molecule has 70 valence electrons. The van der Waals surface area contributed by atoms with Crippen molar-refractivity contribution >= 4 is 6.08 Å². The lowest BCUT2D eigenvalue weighted by atomic mass is 10.1. The number of aliphatic hydroxyl groups excluding tert-OH is 1. The molecule has 0 fully saturated rings. The van der Waals surface area contributed by atoms with E-state index in [4.69, 9.17) is 5.11 Å². The summed E-state index contributed by atoms with van der Waals surface area (Å²) in [5, 5.41) is 8.55. The molecule has 1 nitrogen and oxygen atoms in total. The van der Waals surface area contributed by atoms with Crippen molar-refractivity contribution in [2.75, 3.05) is 6.61 Å². The third-order valence-corrected chi connectivity index (χ3v) is 1.83. The first-order valence-corrected chi connectivity index (χ1v) is 4.27. The van der Waals surface area contributed by atoms with Crippen LogP contribution >= 0.6 is 0 Å². The van der Waals surface area contributed by atoms with Crippen molar-refractivity contribution in [2.24, 2.45) is 0 Å². The molecule has 13 heavy (non-hydrogen) atoms. The first kappa shape index (κ1) is 9.93. The quantitative estimate of drug-likeness (QED) is 0.757. The van der Waals surface area contributed by atoms with E-state index in [0.717, 1.165) is 11.1 Å². The van der Waals surface area contributed by atoms with Gasteiger partial charge in [-0.15, -0.1) is 0 Å². The van der Waals surface area contributed by atoms with Gasteiger partial charge < -0.3 is 5.11 Å². The van der Waals surface area contributed by atoms with Crippen LogP contribution in [0.25, 0.3) is 6.08 Å². The van der Waals surface area contributed by atoms with E-state index in [1.54, 1.807) is 6.07 Å². The van der Waals surface area contributed by atoms with Gasteiger partial charge in [-0.2, -0.15) is 0 Å². The molecular weight excluding hydrogens is 167 g/mol. The van der Waals surface area contributed by atoms with Gasteiger partial charge in [-0.25, -0.2) is 4.39 Å². The Morgan fingerprint density at radius 1 is 1.46 bits per heavy atom. The Morgan fingerprint density at radius 2 is 2.23 bits per heavy atom. The molecule has 0 atom stereocenters. The van der Waals surface area contributed by atoms with E-state index in [9.17, 15) is 4.39 Å². The molecule has 0 saturated heterocycles. The summed E-state index contributed by atoms with van der Waals surface area (Å²) in [6.07, 6.45) is 4.40. The number of rotatable bonds is 3. The number of halogens is 1. The van der Waals surface area contributed by atoms with Crippen LogP contribution in [-0.4, -0.2) is 11.7 Å². The lowest BCUT2D eigenvalue weighted by molar-refractivity contribution is 0.303. The SMILES string of the molecule is Cc1cc(F)ccc1/C=C\CCO. The topological polar surface area (TPSA) is 20.2 Å². The van der Waals surface area contributed by atoms with Crippen LogP contribution in [0.15, 0.2) is 24.3 Å². The molecule has 0 aromatic heterocycles. The Labute approximate surface area is 77.5 Å². The summed E-state index contributed by atoms with van der Waals surface area (Å²) in [5.74, 6) is -0.211. The van der Waals surface area contributed by atoms with Crippen LogP contribution < -0.4 is 0 Å². The molecule has 0 bridgehead atoms. The summed E-state index contributed by atoms with van der Waals surface area (Å²) >= 11 is 0. The normalized spacial score (nSPS) is 11.0. The number of aliphatic hydroxyl groups is 1. The minimum Gasteiger partial charge on any atom is -0.396 e. The molecule has 0 amide bonds. The third kappa shape index (κ3) is 2.99. The zero-order chi connectivity index (χ0) is 9.68. The second kappa shape index (κ2) is 4.77. The van der Waals surface area contributed by atoms with Gasteiger partial charge in [0, 0.05) is 6.61 Å². The van der Waals surface area contributed by atoms with Crippen molar-refractivity contribution in [3.8, 4) is 0 Å². The summed E-state index contributed by atoms with van der Waals surface area (Å²) in [5.41, 5.74) is 1.91. The molecule has 2 heteroatoms. The highest BCUT2D eigenvalue weighted by Crippen LogP contribution is 2.11. The first-order valence-electron chi connectivity index (χ1n) is 4.27. The van der Waals surface area contributed by atoms with E-state index in [-0.39, 0.29) is 12.4 Å². The number of benzene rings is 1. The fourth-order valence-corrected chi connectivity index (χ4v) is 1.11. The Balaban J connectivity index is 2.77. The summed E-state index contributed by atoms with van der Waals surface area (Å²) in [7, 11) is 0. The van der Waals surface area contributed by atoms with Crippen LogP contribution in [0.3, 0.4) is 0 Å². The zero-order valence-electron chi connectivity index (χ0n) is 7.63. The average Bonchev–Trinajstić information content (AvgIpc) is 2.09. The van der Waals surface area contributed by atoms with Gasteiger partial charge in [0.15, 0.2) is 0 Å². The maximum absolute atomic E-state index is 12.7.